The van der Waals surface area contributed by atoms with Crippen molar-refractivity contribution in [2.24, 2.45) is 7.05 Å². The third-order valence-electron chi connectivity index (χ3n) is 4.03. The van der Waals surface area contributed by atoms with Gasteiger partial charge in [-0.05, 0) is 30.3 Å². The number of halogens is 2. The molecule has 0 fully saturated rings. The van der Waals surface area contributed by atoms with E-state index >= 15 is 0 Å². The molecule has 0 saturated carbocycles. The molecule has 0 aliphatic rings. The van der Waals surface area contributed by atoms with E-state index < -0.39 is 0 Å². The van der Waals surface area contributed by atoms with Gasteiger partial charge in [0, 0.05) is 12.6 Å². The third kappa shape index (κ3) is 4.77. The van der Waals surface area contributed by atoms with Gasteiger partial charge in [0.1, 0.15) is 0 Å². The first-order chi connectivity index (χ1) is 13.9. The summed E-state index contributed by atoms with van der Waals surface area (Å²) in [6.45, 7) is 0. The lowest BCUT2D eigenvalue weighted by Crippen LogP contribution is -2.14. The van der Waals surface area contributed by atoms with Crippen LogP contribution in [0.1, 0.15) is 0 Å². The average molecular weight is 453 g/mol. The molecule has 152 valence electrons. The largest absolute Gasteiger partial charge is 0.493 e. The van der Waals surface area contributed by atoms with E-state index in [9.17, 15) is 4.79 Å². The first kappa shape index (κ1) is 21.3. The van der Waals surface area contributed by atoms with Gasteiger partial charge in [0.05, 0.1) is 35.7 Å². The van der Waals surface area contributed by atoms with Gasteiger partial charge in [-0.25, -0.2) is 0 Å². The predicted molar refractivity (Wildman–Crippen MR) is 115 cm³/mol. The standard InChI is InChI=1S/C19H18Cl2N4O3S/c1-25-18(11-7-8-14(27-2)15(9-11)28-3)23-24-19(25)29-10-16(26)22-13-6-4-5-12(20)17(13)21/h4-9H,10H2,1-3H3,(H,22,26). The lowest BCUT2D eigenvalue weighted by molar-refractivity contribution is -0.113. The van der Waals surface area contributed by atoms with E-state index in [2.05, 4.69) is 15.5 Å². The number of hydrogen-bond donors (Lipinski definition) is 1. The number of aromatic nitrogens is 3. The van der Waals surface area contributed by atoms with Crippen LogP contribution >= 0.6 is 35.0 Å². The van der Waals surface area contributed by atoms with Crippen LogP contribution in [0.15, 0.2) is 41.6 Å². The quantitative estimate of drug-likeness (QED) is 0.530. The van der Waals surface area contributed by atoms with E-state index in [1.54, 1.807) is 38.5 Å². The lowest BCUT2D eigenvalue weighted by Gasteiger charge is -2.10. The fourth-order valence-electron chi connectivity index (χ4n) is 2.58. The van der Waals surface area contributed by atoms with Crippen LogP contribution in [-0.2, 0) is 11.8 Å². The highest BCUT2D eigenvalue weighted by Crippen LogP contribution is 2.33. The van der Waals surface area contributed by atoms with Crippen LogP contribution in [0.5, 0.6) is 11.5 Å². The molecule has 1 heterocycles. The van der Waals surface area contributed by atoms with Crippen molar-refractivity contribution in [1.82, 2.24) is 14.8 Å². The molecule has 0 unspecified atom stereocenters. The summed E-state index contributed by atoms with van der Waals surface area (Å²) in [6, 6.07) is 10.6. The number of carbonyl (C=O) groups excluding carboxylic acids is 1. The van der Waals surface area contributed by atoms with Crippen molar-refractivity contribution in [1.29, 1.82) is 0 Å². The zero-order valence-electron chi connectivity index (χ0n) is 15.9. The van der Waals surface area contributed by atoms with Crippen molar-refractivity contribution in [2.75, 3.05) is 25.3 Å². The Hall–Kier alpha value is -2.42. The molecule has 1 aromatic heterocycles. The molecule has 3 aromatic rings. The second-order valence-electron chi connectivity index (χ2n) is 5.87. The van der Waals surface area contributed by atoms with Gasteiger partial charge in [0.2, 0.25) is 5.91 Å². The molecule has 0 aliphatic heterocycles. The third-order valence-corrected chi connectivity index (χ3v) is 5.87. The minimum absolute atomic E-state index is 0.140. The molecule has 0 aliphatic carbocycles. The van der Waals surface area contributed by atoms with E-state index in [1.807, 2.05) is 23.7 Å². The normalized spacial score (nSPS) is 10.7. The second-order valence-corrected chi connectivity index (χ2v) is 7.60. The molecule has 29 heavy (non-hydrogen) atoms. The van der Waals surface area contributed by atoms with Crippen molar-refractivity contribution in [3.63, 3.8) is 0 Å². The fourth-order valence-corrected chi connectivity index (χ4v) is 3.64. The summed E-state index contributed by atoms with van der Waals surface area (Å²) >= 11 is 13.3. The zero-order chi connectivity index (χ0) is 21.0. The van der Waals surface area contributed by atoms with E-state index in [1.165, 1.54) is 11.8 Å². The van der Waals surface area contributed by atoms with E-state index in [0.717, 1.165) is 5.56 Å². The molecule has 0 radical (unpaired) electrons. The Labute approximate surface area is 182 Å². The number of ether oxygens (including phenoxy) is 2. The summed E-state index contributed by atoms with van der Waals surface area (Å²) in [5, 5.41) is 12.4. The summed E-state index contributed by atoms with van der Waals surface area (Å²) in [5.74, 6) is 1.78. The van der Waals surface area contributed by atoms with Crippen molar-refractivity contribution >= 4 is 46.6 Å². The molecule has 0 atom stereocenters. The number of benzene rings is 2. The lowest BCUT2D eigenvalue weighted by atomic mass is 10.2. The summed E-state index contributed by atoms with van der Waals surface area (Å²) in [6.07, 6.45) is 0. The SMILES string of the molecule is COc1ccc(-c2nnc(SCC(=O)Nc3cccc(Cl)c3Cl)n2C)cc1OC. The number of thioether (sulfide) groups is 1. The van der Waals surface area contributed by atoms with Gasteiger partial charge >= 0.3 is 0 Å². The highest BCUT2D eigenvalue weighted by Gasteiger charge is 2.16. The maximum absolute atomic E-state index is 12.3. The Morgan fingerprint density at radius 3 is 2.62 bits per heavy atom. The number of carbonyl (C=O) groups is 1. The van der Waals surface area contributed by atoms with Crippen LogP contribution in [-0.4, -0.2) is 40.6 Å². The molecular weight excluding hydrogens is 435 g/mol. The average Bonchev–Trinajstić information content (AvgIpc) is 3.09. The Kier molecular flexibility index (Phi) is 6.89. The van der Waals surface area contributed by atoms with Gasteiger partial charge in [-0.15, -0.1) is 10.2 Å². The summed E-state index contributed by atoms with van der Waals surface area (Å²) in [7, 11) is 4.99. The molecule has 0 spiro atoms. The van der Waals surface area contributed by atoms with Crippen molar-refractivity contribution in [2.45, 2.75) is 5.16 Å². The highest BCUT2D eigenvalue weighted by atomic mass is 35.5. The van der Waals surface area contributed by atoms with Crippen LogP contribution in [0.4, 0.5) is 5.69 Å². The number of amides is 1. The van der Waals surface area contributed by atoms with E-state index in [4.69, 9.17) is 32.7 Å². The van der Waals surface area contributed by atoms with Crippen LogP contribution in [0.2, 0.25) is 10.0 Å². The summed E-state index contributed by atoms with van der Waals surface area (Å²) < 4.78 is 12.4. The van der Waals surface area contributed by atoms with Gasteiger partial charge in [0.15, 0.2) is 22.5 Å². The predicted octanol–water partition coefficient (Wildman–Crippen LogP) is 4.54. The molecular formula is C19H18Cl2N4O3S. The number of nitrogens with zero attached hydrogens (tertiary/aromatic N) is 3. The molecule has 10 heteroatoms. The monoisotopic (exact) mass is 452 g/mol. The van der Waals surface area contributed by atoms with E-state index in [0.29, 0.717) is 38.2 Å². The smallest absolute Gasteiger partial charge is 0.234 e. The second kappa shape index (κ2) is 9.39. The van der Waals surface area contributed by atoms with Gasteiger partial charge in [-0.3, -0.25) is 4.79 Å². The number of anilines is 1. The minimum Gasteiger partial charge on any atom is -0.493 e. The van der Waals surface area contributed by atoms with Gasteiger partial charge in [0.25, 0.3) is 0 Å². The first-order valence-electron chi connectivity index (χ1n) is 8.43. The van der Waals surface area contributed by atoms with Crippen molar-refractivity contribution in [3.8, 4) is 22.9 Å². The van der Waals surface area contributed by atoms with Gasteiger partial charge in [-0.1, -0.05) is 41.0 Å². The molecule has 2 aromatic carbocycles. The van der Waals surface area contributed by atoms with Crippen LogP contribution < -0.4 is 14.8 Å². The molecule has 1 amide bonds. The molecule has 0 bridgehead atoms. The summed E-state index contributed by atoms with van der Waals surface area (Å²) in [4.78, 5) is 12.3. The number of hydrogen-bond acceptors (Lipinski definition) is 6. The fraction of sp³-hybridized carbons (Fsp3) is 0.211. The molecule has 0 saturated heterocycles. The Morgan fingerprint density at radius 2 is 1.90 bits per heavy atom. The van der Waals surface area contributed by atoms with Gasteiger partial charge < -0.3 is 19.4 Å². The Bertz CT molecular complexity index is 1040. The number of nitrogens with one attached hydrogen (secondary N) is 1. The topological polar surface area (TPSA) is 78.3 Å². The maximum Gasteiger partial charge on any atom is 0.234 e. The molecule has 3 rings (SSSR count). The zero-order valence-corrected chi connectivity index (χ0v) is 18.2. The maximum atomic E-state index is 12.3. The van der Waals surface area contributed by atoms with Crippen LogP contribution in [0.3, 0.4) is 0 Å². The highest BCUT2D eigenvalue weighted by molar-refractivity contribution is 7.99. The Morgan fingerprint density at radius 1 is 1.14 bits per heavy atom. The first-order valence-corrected chi connectivity index (χ1v) is 10.2. The number of methoxy groups -OCH3 is 2. The van der Waals surface area contributed by atoms with Crippen molar-refractivity contribution < 1.29 is 14.3 Å². The van der Waals surface area contributed by atoms with E-state index in [-0.39, 0.29) is 11.7 Å². The molecule has 7 nitrogen and oxygen atoms in total. The Balaban J connectivity index is 1.70. The summed E-state index contributed by atoms with van der Waals surface area (Å²) in [5.41, 5.74) is 1.29. The van der Waals surface area contributed by atoms with Crippen LogP contribution in [0, 0.1) is 0 Å². The minimum atomic E-state index is -0.227. The molecule has 1 N–H and O–H groups in total. The van der Waals surface area contributed by atoms with Crippen LogP contribution in [0.25, 0.3) is 11.4 Å². The van der Waals surface area contributed by atoms with Gasteiger partial charge in [-0.2, -0.15) is 0 Å². The number of rotatable bonds is 7. The van der Waals surface area contributed by atoms with Crippen molar-refractivity contribution in [3.05, 3.63) is 46.4 Å².